The van der Waals surface area contributed by atoms with Gasteiger partial charge in [0.1, 0.15) is 17.3 Å². The Bertz CT molecular complexity index is 628. The molecule has 6 nitrogen and oxygen atoms in total. The van der Waals surface area contributed by atoms with Gasteiger partial charge >= 0.3 is 0 Å². The third-order valence-corrected chi connectivity index (χ3v) is 3.11. The first-order chi connectivity index (χ1) is 10.5. The number of methoxy groups -OCH3 is 2. The van der Waals surface area contributed by atoms with Gasteiger partial charge in [-0.2, -0.15) is 5.10 Å². The Kier molecular flexibility index (Phi) is 5.04. The fourth-order valence-corrected chi connectivity index (χ4v) is 2.06. The molecule has 0 saturated heterocycles. The summed E-state index contributed by atoms with van der Waals surface area (Å²) in [5, 5.41) is 7.09. The highest BCUT2D eigenvalue weighted by Crippen LogP contribution is 2.23. The van der Waals surface area contributed by atoms with Crippen molar-refractivity contribution in [2.45, 2.75) is 20.4 Å². The zero-order valence-corrected chi connectivity index (χ0v) is 13.3. The Morgan fingerprint density at radius 3 is 2.41 bits per heavy atom. The molecule has 6 heteroatoms. The number of aromatic nitrogens is 2. The largest absolute Gasteiger partial charge is 0.497 e. The summed E-state index contributed by atoms with van der Waals surface area (Å²) in [4.78, 5) is 12.4. The van der Waals surface area contributed by atoms with Gasteiger partial charge in [0.05, 0.1) is 20.4 Å². The number of hydrogen-bond donors (Lipinski definition) is 1. The smallest absolute Gasteiger partial charge is 0.257 e. The fraction of sp³-hybridized carbons (Fsp3) is 0.375. The van der Waals surface area contributed by atoms with Gasteiger partial charge in [-0.15, -0.1) is 0 Å². The lowest BCUT2D eigenvalue weighted by atomic mass is 10.2. The number of carbonyl (C=O) groups is 1. The maximum Gasteiger partial charge on any atom is 0.257 e. The summed E-state index contributed by atoms with van der Waals surface area (Å²) in [5.74, 6) is 2.01. The molecule has 22 heavy (non-hydrogen) atoms. The van der Waals surface area contributed by atoms with Gasteiger partial charge in [-0.1, -0.05) is 13.8 Å². The summed E-state index contributed by atoms with van der Waals surface area (Å²) >= 11 is 0. The number of anilines is 1. The third kappa shape index (κ3) is 3.78. The number of carbonyl (C=O) groups excluding carboxylic acids is 1. The van der Waals surface area contributed by atoms with Gasteiger partial charge in [0.15, 0.2) is 0 Å². The molecule has 0 atom stereocenters. The summed E-state index contributed by atoms with van der Waals surface area (Å²) in [6.45, 7) is 4.93. The molecule has 0 spiro atoms. The number of nitrogens with zero attached hydrogens (tertiary/aromatic N) is 2. The van der Waals surface area contributed by atoms with Gasteiger partial charge in [-0.25, -0.2) is 4.68 Å². The van der Waals surface area contributed by atoms with E-state index >= 15 is 0 Å². The molecule has 0 aliphatic carbocycles. The van der Waals surface area contributed by atoms with Gasteiger partial charge in [0.25, 0.3) is 5.91 Å². The number of hydrogen-bond acceptors (Lipinski definition) is 4. The van der Waals surface area contributed by atoms with Crippen LogP contribution in [0.3, 0.4) is 0 Å². The van der Waals surface area contributed by atoms with Crippen LogP contribution in [0.15, 0.2) is 30.5 Å². The monoisotopic (exact) mass is 303 g/mol. The first-order valence-corrected chi connectivity index (χ1v) is 7.09. The first-order valence-electron chi connectivity index (χ1n) is 7.09. The molecule has 0 aliphatic heterocycles. The quantitative estimate of drug-likeness (QED) is 0.891. The van der Waals surface area contributed by atoms with E-state index in [1.165, 1.54) is 0 Å². The molecule has 0 aliphatic rings. The average molecular weight is 303 g/mol. The van der Waals surface area contributed by atoms with Gasteiger partial charge in [0.2, 0.25) is 0 Å². The minimum atomic E-state index is -0.234. The fourth-order valence-electron chi connectivity index (χ4n) is 2.06. The Labute approximate surface area is 130 Å². The Hall–Kier alpha value is -2.50. The second kappa shape index (κ2) is 6.98. The summed E-state index contributed by atoms with van der Waals surface area (Å²) < 4.78 is 12.1. The Morgan fingerprint density at radius 2 is 1.86 bits per heavy atom. The van der Waals surface area contributed by atoms with Crippen molar-refractivity contribution >= 4 is 11.7 Å². The number of nitrogens with one attached hydrogen (secondary N) is 1. The standard InChI is InChI=1S/C16H21N3O3/c1-11(2)10-19-15(5-6-17-19)18-16(20)12-7-13(21-3)9-14(8-12)22-4/h5-9,11H,10H2,1-4H3,(H,18,20). The van der Waals surface area contributed by atoms with Crippen LogP contribution in [0, 0.1) is 5.92 Å². The van der Waals surface area contributed by atoms with E-state index in [2.05, 4.69) is 24.3 Å². The molecule has 0 radical (unpaired) electrons. The van der Waals surface area contributed by atoms with Crippen molar-refractivity contribution in [3.05, 3.63) is 36.0 Å². The Morgan fingerprint density at radius 1 is 1.23 bits per heavy atom. The molecule has 0 fully saturated rings. The molecule has 0 bridgehead atoms. The van der Waals surface area contributed by atoms with Crippen molar-refractivity contribution in [2.75, 3.05) is 19.5 Å². The molecule has 1 aromatic heterocycles. The van der Waals surface area contributed by atoms with E-state index in [-0.39, 0.29) is 5.91 Å². The number of rotatable bonds is 6. The molecule has 1 heterocycles. The van der Waals surface area contributed by atoms with Gasteiger partial charge in [-0.3, -0.25) is 4.79 Å². The maximum absolute atomic E-state index is 12.4. The van der Waals surface area contributed by atoms with Crippen LogP contribution in [0.1, 0.15) is 24.2 Å². The summed E-state index contributed by atoms with van der Waals surface area (Å²) in [5.41, 5.74) is 0.466. The molecular formula is C16H21N3O3. The van der Waals surface area contributed by atoms with Crippen molar-refractivity contribution < 1.29 is 14.3 Å². The van der Waals surface area contributed by atoms with Gasteiger partial charge in [-0.05, 0) is 18.1 Å². The van der Waals surface area contributed by atoms with Crippen molar-refractivity contribution in [3.63, 3.8) is 0 Å². The second-order valence-corrected chi connectivity index (χ2v) is 5.35. The van der Waals surface area contributed by atoms with Gasteiger partial charge < -0.3 is 14.8 Å². The number of benzene rings is 1. The zero-order valence-electron chi connectivity index (χ0n) is 13.3. The van der Waals surface area contributed by atoms with Crippen LogP contribution >= 0.6 is 0 Å². The highest BCUT2D eigenvalue weighted by Gasteiger charge is 2.13. The summed E-state index contributed by atoms with van der Waals surface area (Å²) in [6, 6.07) is 6.83. The van der Waals surface area contributed by atoms with E-state index in [9.17, 15) is 4.79 Å². The third-order valence-electron chi connectivity index (χ3n) is 3.11. The van der Waals surface area contributed by atoms with Crippen LogP contribution in [0.4, 0.5) is 5.82 Å². The van der Waals surface area contributed by atoms with Crippen LogP contribution in [-0.4, -0.2) is 29.9 Å². The zero-order chi connectivity index (χ0) is 16.1. The van der Waals surface area contributed by atoms with Crippen LogP contribution < -0.4 is 14.8 Å². The second-order valence-electron chi connectivity index (χ2n) is 5.35. The normalized spacial score (nSPS) is 10.6. The predicted molar refractivity (Wildman–Crippen MR) is 84.6 cm³/mol. The maximum atomic E-state index is 12.4. The molecule has 1 N–H and O–H groups in total. The van der Waals surface area contributed by atoms with E-state index in [0.717, 1.165) is 6.54 Å². The van der Waals surface area contributed by atoms with Crippen molar-refractivity contribution in [1.29, 1.82) is 0 Å². The average Bonchev–Trinajstić information content (AvgIpc) is 2.92. The summed E-state index contributed by atoms with van der Waals surface area (Å²) in [7, 11) is 3.10. The highest BCUT2D eigenvalue weighted by atomic mass is 16.5. The molecule has 0 saturated carbocycles. The molecule has 2 aromatic rings. The van der Waals surface area contributed by atoms with Crippen LogP contribution in [0.2, 0.25) is 0 Å². The Balaban J connectivity index is 2.20. The summed E-state index contributed by atoms with van der Waals surface area (Å²) in [6.07, 6.45) is 1.67. The van der Waals surface area contributed by atoms with E-state index in [1.54, 1.807) is 49.4 Å². The highest BCUT2D eigenvalue weighted by molar-refractivity contribution is 6.04. The van der Waals surface area contributed by atoms with Crippen molar-refractivity contribution in [3.8, 4) is 11.5 Å². The number of amides is 1. The van der Waals surface area contributed by atoms with E-state index in [1.807, 2.05) is 0 Å². The minimum absolute atomic E-state index is 0.234. The number of ether oxygens (including phenoxy) is 2. The van der Waals surface area contributed by atoms with Crippen LogP contribution in [0.25, 0.3) is 0 Å². The minimum Gasteiger partial charge on any atom is -0.497 e. The molecular weight excluding hydrogens is 282 g/mol. The van der Waals surface area contributed by atoms with E-state index < -0.39 is 0 Å². The van der Waals surface area contributed by atoms with Crippen LogP contribution in [-0.2, 0) is 6.54 Å². The topological polar surface area (TPSA) is 65.4 Å². The SMILES string of the molecule is COc1cc(OC)cc(C(=O)Nc2ccnn2CC(C)C)c1. The van der Waals surface area contributed by atoms with Crippen molar-refractivity contribution in [1.82, 2.24) is 9.78 Å². The lowest BCUT2D eigenvalue weighted by Gasteiger charge is -2.12. The first kappa shape index (κ1) is 15.9. The molecule has 1 amide bonds. The van der Waals surface area contributed by atoms with E-state index in [4.69, 9.17) is 9.47 Å². The molecule has 0 unspecified atom stereocenters. The van der Waals surface area contributed by atoms with Gasteiger partial charge in [0, 0.05) is 24.2 Å². The molecule has 2 rings (SSSR count). The lowest BCUT2D eigenvalue weighted by Crippen LogP contribution is -2.17. The predicted octanol–water partition coefficient (Wildman–Crippen LogP) is 2.81. The van der Waals surface area contributed by atoms with Crippen molar-refractivity contribution in [2.24, 2.45) is 5.92 Å². The van der Waals surface area contributed by atoms with Crippen LogP contribution in [0.5, 0.6) is 11.5 Å². The molecule has 1 aromatic carbocycles. The van der Waals surface area contributed by atoms with E-state index in [0.29, 0.717) is 28.8 Å². The lowest BCUT2D eigenvalue weighted by molar-refractivity contribution is 0.102. The molecule has 118 valence electrons.